The predicted octanol–water partition coefficient (Wildman–Crippen LogP) is 5.60. The number of unbranched alkanes of at least 4 members (excludes halogenated alkanes) is 1. The minimum absolute atomic E-state index is 0.0743. The third kappa shape index (κ3) is 10.6. The fourth-order valence-corrected chi connectivity index (χ4v) is 5.18. The number of aliphatic hydroxyl groups is 1. The summed E-state index contributed by atoms with van der Waals surface area (Å²) < 4.78 is 28.9. The molecule has 0 saturated heterocycles. The molecule has 5 nitrogen and oxygen atoms in total. The number of nitrogens with one attached hydrogen (secondary N) is 2. The van der Waals surface area contributed by atoms with Crippen LogP contribution in [0.5, 0.6) is 0 Å². The number of rotatable bonds is 14. The van der Waals surface area contributed by atoms with Gasteiger partial charge >= 0.3 is 0 Å². The molecule has 0 bridgehead atoms. The van der Waals surface area contributed by atoms with Gasteiger partial charge in [-0.05, 0) is 109 Å². The molecule has 0 aliphatic rings. The van der Waals surface area contributed by atoms with Crippen molar-refractivity contribution >= 4 is 28.5 Å². The number of aliphatic hydroxyl groups excluding tert-OH is 1. The SMILES string of the molecule is CCCCN(C)Cc1cc(C)cc(C(=O)N[C@@H](Cc2cc(F)cc(F)c2)[C@@H](O)CNCc2cccc(I)c2)c1. The molecule has 8 heteroatoms. The lowest BCUT2D eigenvalue weighted by atomic mass is 9.99. The van der Waals surface area contributed by atoms with Gasteiger partial charge in [0.05, 0.1) is 12.1 Å². The molecule has 2 atom stereocenters. The Morgan fingerprint density at radius 2 is 1.77 bits per heavy atom. The van der Waals surface area contributed by atoms with Crippen LogP contribution in [0.1, 0.15) is 52.4 Å². The fraction of sp³-hybridized carbons (Fsp3) is 0.387. The summed E-state index contributed by atoms with van der Waals surface area (Å²) in [6.07, 6.45) is 1.30. The Morgan fingerprint density at radius 3 is 2.46 bits per heavy atom. The smallest absolute Gasteiger partial charge is 0.251 e. The topological polar surface area (TPSA) is 64.6 Å². The van der Waals surface area contributed by atoms with E-state index in [4.69, 9.17) is 0 Å². The summed E-state index contributed by atoms with van der Waals surface area (Å²) in [5.41, 5.74) is 3.91. The van der Waals surface area contributed by atoms with Crippen LogP contribution in [0.2, 0.25) is 0 Å². The van der Waals surface area contributed by atoms with E-state index >= 15 is 0 Å². The Balaban J connectivity index is 1.74. The van der Waals surface area contributed by atoms with Crippen LogP contribution < -0.4 is 10.6 Å². The number of nitrogens with zero attached hydrogens (tertiary/aromatic N) is 1. The lowest BCUT2D eigenvalue weighted by Gasteiger charge is -2.25. The summed E-state index contributed by atoms with van der Waals surface area (Å²) in [6, 6.07) is 16.2. The molecule has 3 rings (SSSR count). The van der Waals surface area contributed by atoms with Crippen LogP contribution in [0.3, 0.4) is 0 Å². The molecular formula is C31H38F2IN3O2. The minimum atomic E-state index is -0.993. The van der Waals surface area contributed by atoms with Crippen molar-refractivity contribution in [3.8, 4) is 0 Å². The zero-order chi connectivity index (χ0) is 28.4. The quantitative estimate of drug-likeness (QED) is 0.199. The van der Waals surface area contributed by atoms with Crippen LogP contribution in [-0.4, -0.2) is 48.2 Å². The minimum Gasteiger partial charge on any atom is -0.390 e. The van der Waals surface area contributed by atoms with Gasteiger partial charge in [0, 0.05) is 34.8 Å². The average Bonchev–Trinajstić information content (AvgIpc) is 2.86. The molecule has 39 heavy (non-hydrogen) atoms. The maximum Gasteiger partial charge on any atom is 0.251 e. The number of carbonyl (C=O) groups excluding carboxylic acids is 1. The first kappa shape index (κ1) is 31.1. The van der Waals surface area contributed by atoms with Gasteiger partial charge in [0.25, 0.3) is 5.91 Å². The van der Waals surface area contributed by atoms with Crippen LogP contribution >= 0.6 is 22.6 Å². The lowest BCUT2D eigenvalue weighted by Crippen LogP contribution is -2.48. The van der Waals surface area contributed by atoms with Crippen molar-refractivity contribution in [2.45, 2.75) is 58.3 Å². The van der Waals surface area contributed by atoms with E-state index in [0.29, 0.717) is 17.7 Å². The van der Waals surface area contributed by atoms with E-state index in [1.165, 1.54) is 12.1 Å². The molecule has 0 heterocycles. The van der Waals surface area contributed by atoms with Gasteiger partial charge in [0.1, 0.15) is 11.6 Å². The van der Waals surface area contributed by atoms with Gasteiger partial charge in [-0.15, -0.1) is 0 Å². The van der Waals surface area contributed by atoms with Crippen molar-refractivity contribution in [2.75, 3.05) is 20.1 Å². The molecule has 3 aromatic rings. The zero-order valence-corrected chi connectivity index (χ0v) is 25.0. The number of hydrogen-bond donors (Lipinski definition) is 3. The highest BCUT2D eigenvalue weighted by Crippen LogP contribution is 2.16. The van der Waals surface area contributed by atoms with Crippen molar-refractivity contribution in [1.82, 2.24) is 15.5 Å². The largest absolute Gasteiger partial charge is 0.390 e. The molecule has 0 fully saturated rings. The molecule has 3 aromatic carbocycles. The third-order valence-corrected chi connectivity index (χ3v) is 7.15. The normalized spacial score (nSPS) is 12.9. The maximum absolute atomic E-state index is 13.9. The molecule has 3 N–H and O–H groups in total. The molecule has 1 amide bonds. The van der Waals surface area contributed by atoms with Crippen molar-refractivity contribution in [2.24, 2.45) is 0 Å². The van der Waals surface area contributed by atoms with Crippen molar-refractivity contribution in [3.63, 3.8) is 0 Å². The molecule has 0 aromatic heterocycles. The first-order valence-electron chi connectivity index (χ1n) is 13.3. The number of carbonyl (C=O) groups is 1. The molecule has 0 aliphatic carbocycles. The molecular weight excluding hydrogens is 611 g/mol. The highest BCUT2D eigenvalue weighted by molar-refractivity contribution is 14.1. The Labute approximate surface area is 244 Å². The Hall–Kier alpha value is -2.40. The third-order valence-electron chi connectivity index (χ3n) is 6.48. The standard InChI is InChI=1S/C31H38F2IN3O2/c1-4-5-9-37(3)20-24-10-21(2)11-25(12-24)31(39)36-29(16-23-13-26(32)17-27(33)14-23)30(38)19-35-18-22-7-6-8-28(34)15-22/h6-8,10-15,17,29-30,35,38H,4-5,9,16,18-20H2,1-3H3,(H,36,39)/t29-,30-/m0/s1. The van der Waals surface area contributed by atoms with E-state index in [2.05, 4.69) is 58.2 Å². The van der Waals surface area contributed by atoms with Crippen molar-refractivity contribution in [1.29, 1.82) is 0 Å². The van der Waals surface area contributed by atoms with Crippen molar-refractivity contribution < 1.29 is 18.7 Å². The van der Waals surface area contributed by atoms with E-state index in [1.807, 2.05) is 43.3 Å². The van der Waals surface area contributed by atoms with Crippen LogP contribution in [0.4, 0.5) is 8.78 Å². The van der Waals surface area contributed by atoms with Gasteiger partial charge < -0.3 is 20.6 Å². The molecule has 0 unspecified atom stereocenters. The molecule has 0 saturated carbocycles. The average molecular weight is 650 g/mol. The van der Waals surface area contributed by atoms with Crippen molar-refractivity contribution in [3.05, 3.63) is 104 Å². The van der Waals surface area contributed by atoms with Gasteiger partial charge in [-0.3, -0.25) is 4.79 Å². The fourth-order valence-electron chi connectivity index (χ4n) is 4.57. The molecule has 0 aliphatic heterocycles. The number of amides is 1. The molecule has 0 spiro atoms. The summed E-state index contributed by atoms with van der Waals surface area (Å²) in [7, 11) is 2.06. The Bertz CT molecular complexity index is 1220. The Kier molecular flexibility index (Phi) is 12.3. The van der Waals surface area contributed by atoms with Crippen LogP contribution in [0, 0.1) is 22.1 Å². The second kappa shape index (κ2) is 15.4. The van der Waals surface area contributed by atoms with E-state index in [-0.39, 0.29) is 18.9 Å². The summed E-state index contributed by atoms with van der Waals surface area (Å²) in [5.74, 6) is -1.73. The van der Waals surface area contributed by atoms with E-state index in [9.17, 15) is 18.7 Å². The van der Waals surface area contributed by atoms with Gasteiger partial charge in [0.15, 0.2) is 0 Å². The second-order valence-electron chi connectivity index (χ2n) is 10.2. The molecule has 0 radical (unpaired) electrons. The second-order valence-corrected chi connectivity index (χ2v) is 11.4. The number of benzene rings is 3. The van der Waals surface area contributed by atoms with Gasteiger partial charge in [0.2, 0.25) is 0 Å². The van der Waals surface area contributed by atoms with Gasteiger partial charge in [-0.1, -0.05) is 37.1 Å². The number of aryl methyl sites for hydroxylation is 1. The summed E-state index contributed by atoms with van der Waals surface area (Å²) in [5, 5.41) is 17.2. The van der Waals surface area contributed by atoms with E-state index in [1.54, 1.807) is 0 Å². The monoisotopic (exact) mass is 649 g/mol. The number of hydrogen-bond acceptors (Lipinski definition) is 4. The maximum atomic E-state index is 13.9. The highest BCUT2D eigenvalue weighted by Gasteiger charge is 2.23. The van der Waals surface area contributed by atoms with Gasteiger partial charge in [-0.2, -0.15) is 0 Å². The summed E-state index contributed by atoms with van der Waals surface area (Å²) in [4.78, 5) is 15.6. The van der Waals surface area contributed by atoms with E-state index in [0.717, 1.165) is 52.3 Å². The van der Waals surface area contributed by atoms with Crippen LogP contribution in [-0.2, 0) is 19.5 Å². The lowest BCUT2D eigenvalue weighted by molar-refractivity contribution is 0.0829. The first-order valence-corrected chi connectivity index (χ1v) is 14.4. The van der Waals surface area contributed by atoms with Gasteiger partial charge in [-0.25, -0.2) is 8.78 Å². The summed E-state index contributed by atoms with van der Waals surface area (Å²) in [6.45, 7) is 6.52. The summed E-state index contributed by atoms with van der Waals surface area (Å²) >= 11 is 2.25. The number of halogens is 3. The first-order chi connectivity index (χ1) is 18.6. The Morgan fingerprint density at radius 1 is 1.03 bits per heavy atom. The zero-order valence-electron chi connectivity index (χ0n) is 22.8. The van der Waals surface area contributed by atoms with Crippen LogP contribution in [0.25, 0.3) is 0 Å². The molecule has 210 valence electrons. The predicted molar refractivity (Wildman–Crippen MR) is 161 cm³/mol. The highest BCUT2D eigenvalue weighted by atomic mass is 127. The van der Waals surface area contributed by atoms with Crippen LogP contribution in [0.15, 0.2) is 60.7 Å². The van der Waals surface area contributed by atoms with E-state index < -0.39 is 23.8 Å².